The molecule has 2 N–H and O–H groups in total. The largest absolute Gasteiger partial charge is 0.478 e. The molecule has 0 spiro atoms. The van der Waals surface area contributed by atoms with Gasteiger partial charge in [0.2, 0.25) is 5.91 Å². The van der Waals surface area contributed by atoms with Gasteiger partial charge in [-0.1, -0.05) is 26.2 Å². The molecule has 0 atom stereocenters. The zero-order valence-electron chi connectivity index (χ0n) is 12.1. The molecule has 0 fully saturated rings. The molecular weight excluding hydrogens is 273 g/mol. The molecule has 5 heteroatoms. The van der Waals surface area contributed by atoms with Crippen LogP contribution in [0.5, 0.6) is 0 Å². The van der Waals surface area contributed by atoms with Gasteiger partial charge in [-0.25, -0.2) is 9.18 Å². The Morgan fingerprint density at radius 3 is 2.67 bits per heavy atom. The van der Waals surface area contributed by atoms with Crippen molar-refractivity contribution >= 4 is 23.6 Å². The summed E-state index contributed by atoms with van der Waals surface area (Å²) in [5.74, 6) is -1.85. The Balaban J connectivity index is 2.55. The van der Waals surface area contributed by atoms with Crippen LogP contribution < -0.4 is 5.32 Å². The Bertz CT molecular complexity index is 526. The molecule has 1 rings (SSSR count). The fraction of sp³-hybridized carbons (Fsp3) is 0.375. The van der Waals surface area contributed by atoms with Gasteiger partial charge in [-0.2, -0.15) is 0 Å². The van der Waals surface area contributed by atoms with Crippen LogP contribution in [0.3, 0.4) is 0 Å². The van der Waals surface area contributed by atoms with Gasteiger partial charge in [-0.3, -0.25) is 4.79 Å². The molecule has 1 aromatic rings. The molecule has 0 heterocycles. The quantitative estimate of drug-likeness (QED) is 0.565. The maximum Gasteiger partial charge on any atom is 0.328 e. The molecule has 0 unspecified atom stereocenters. The molecule has 114 valence electrons. The second-order valence-electron chi connectivity index (χ2n) is 4.77. The van der Waals surface area contributed by atoms with E-state index >= 15 is 0 Å². The molecule has 21 heavy (non-hydrogen) atoms. The summed E-state index contributed by atoms with van der Waals surface area (Å²) < 4.78 is 13.7. The normalized spacial score (nSPS) is 10.8. The van der Waals surface area contributed by atoms with Crippen LogP contribution in [0.4, 0.5) is 10.1 Å². The number of carbonyl (C=O) groups is 2. The van der Waals surface area contributed by atoms with Gasteiger partial charge in [0.25, 0.3) is 0 Å². The number of aliphatic carboxylic acids is 1. The Kier molecular flexibility index (Phi) is 7.15. The smallest absolute Gasteiger partial charge is 0.328 e. The highest BCUT2D eigenvalue weighted by Crippen LogP contribution is 2.16. The number of nitrogens with one attached hydrogen (secondary N) is 1. The fourth-order valence-electron chi connectivity index (χ4n) is 1.84. The lowest BCUT2D eigenvalue weighted by Crippen LogP contribution is -2.11. The van der Waals surface area contributed by atoms with Crippen LogP contribution in [-0.4, -0.2) is 17.0 Å². The van der Waals surface area contributed by atoms with Crippen molar-refractivity contribution in [2.45, 2.75) is 39.0 Å². The highest BCUT2D eigenvalue weighted by molar-refractivity contribution is 5.91. The van der Waals surface area contributed by atoms with Gasteiger partial charge in [0.05, 0.1) is 0 Å². The second kappa shape index (κ2) is 8.89. The first-order valence-electron chi connectivity index (χ1n) is 7.03. The number of anilines is 1. The van der Waals surface area contributed by atoms with E-state index in [2.05, 4.69) is 12.2 Å². The predicted octanol–water partition coefficient (Wildman–Crippen LogP) is 3.83. The molecule has 0 aliphatic carbocycles. The molecule has 0 bridgehead atoms. The van der Waals surface area contributed by atoms with Crippen molar-refractivity contribution in [2.75, 3.05) is 5.32 Å². The first-order valence-corrected chi connectivity index (χ1v) is 7.03. The van der Waals surface area contributed by atoms with E-state index in [9.17, 15) is 14.0 Å². The van der Waals surface area contributed by atoms with E-state index in [0.717, 1.165) is 31.8 Å². The molecule has 0 saturated carbocycles. The van der Waals surface area contributed by atoms with Crippen molar-refractivity contribution in [3.63, 3.8) is 0 Å². The number of hydrogen-bond donors (Lipinski definition) is 2. The number of carboxylic acid groups (broad SMARTS) is 1. The van der Waals surface area contributed by atoms with Crippen LogP contribution in [0.2, 0.25) is 0 Å². The molecule has 0 aliphatic rings. The monoisotopic (exact) mass is 293 g/mol. The SMILES string of the molecule is CCCCCCC(=O)Nc1ccc(/C=C/C(=O)O)c(F)c1. The van der Waals surface area contributed by atoms with Crippen LogP contribution in [0.25, 0.3) is 6.08 Å². The third kappa shape index (κ3) is 6.70. The summed E-state index contributed by atoms with van der Waals surface area (Å²) in [6.45, 7) is 2.10. The van der Waals surface area contributed by atoms with Crippen LogP contribution in [0.15, 0.2) is 24.3 Å². The van der Waals surface area contributed by atoms with Gasteiger partial charge in [0.1, 0.15) is 5.82 Å². The number of carbonyl (C=O) groups excluding carboxylic acids is 1. The molecular formula is C16H20FNO3. The maximum atomic E-state index is 13.7. The minimum Gasteiger partial charge on any atom is -0.478 e. The van der Waals surface area contributed by atoms with Crippen molar-refractivity contribution in [2.24, 2.45) is 0 Å². The number of halogens is 1. The molecule has 1 aromatic carbocycles. The van der Waals surface area contributed by atoms with Gasteiger partial charge in [-0.05, 0) is 30.7 Å². The number of unbranched alkanes of at least 4 members (excludes halogenated alkanes) is 3. The lowest BCUT2D eigenvalue weighted by atomic mass is 10.1. The summed E-state index contributed by atoms with van der Waals surface area (Å²) in [6.07, 6.45) is 6.50. The fourth-order valence-corrected chi connectivity index (χ4v) is 1.84. The van der Waals surface area contributed by atoms with E-state index in [1.807, 2.05) is 0 Å². The zero-order valence-corrected chi connectivity index (χ0v) is 12.1. The average molecular weight is 293 g/mol. The predicted molar refractivity (Wildman–Crippen MR) is 80.5 cm³/mol. The molecule has 1 amide bonds. The lowest BCUT2D eigenvalue weighted by Gasteiger charge is -2.06. The first-order chi connectivity index (χ1) is 10.0. The number of carboxylic acids is 1. The summed E-state index contributed by atoms with van der Waals surface area (Å²) in [5, 5.41) is 11.1. The summed E-state index contributed by atoms with van der Waals surface area (Å²) >= 11 is 0. The van der Waals surface area contributed by atoms with E-state index in [-0.39, 0.29) is 11.5 Å². The topological polar surface area (TPSA) is 66.4 Å². The standard InChI is InChI=1S/C16H20FNO3/c1-2-3-4-5-6-15(19)18-13-9-7-12(14(17)11-13)8-10-16(20)21/h7-11H,2-6H2,1H3,(H,18,19)(H,20,21)/b10-8+. The molecule has 0 aliphatic heterocycles. The molecule has 0 aromatic heterocycles. The van der Waals surface area contributed by atoms with Crippen molar-refractivity contribution in [3.05, 3.63) is 35.7 Å². The Morgan fingerprint density at radius 2 is 2.05 bits per heavy atom. The Morgan fingerprint density at radius 1 is 1.29 bits per heavy atom. The first kappa shape index (κ1) is 16.9. The van der Waals surface area contributed by atoms with Crippen LogP contribution in [0.1, 0.15) is 44.6 Å². The summed E-state index contributed by atoms with van der Waals surface area (Å²) in [5.41, 5.74) is 0.541. The van der Waals surface area contributed by atoms with Crippen molar-refractivity contribution < 1.29 is 19.1 Å². The highest BCUT2D eigenvalue weighted by atomic mass is 19.1. The van der Waals surface area contributed by atoms with E-state index < -0.39 is 11.8 Å². The van der Waals surface area contributed by atoms with Crippen LogP contribution in [0, 0.1) is 5.82 Å². The van der Waals surface area contributed by atoms with Gasteiger partial charge < -0.3 is 10.4 Å². The minimum absolute atomic E-state index is 0.140. The molecule has 0 radical (unpaired) electrons. The third-order valence-corrected chi connectivity index (χ3v) is 2.95. The second-order valence-corrected chi connectivity index (χ2v) is 4.77. The molecule has 0 saturated heterocycles. The average Bonchev–Trinajstić information content (AvgIpc) is 2.42. The van der Waals surface area contributed by atoms with Crippen LogP contribution >= 0.6 is 0 Å². The van der Waals surface area contributed by atoms with Gasteiger partial charge >= 0.3 is 5.97 Å². The van der Waals surface area contributed by atoms with E-state index in [0.29, 0.717) is 12.1 Å². The van der Waals surface area contributed by atoms with Crippen molar-refractivity contribution in [3.8, 4) is 0 Å². The van der Waals surface area contributed by atoms with Crippen molar-refractivity contribution in [1.82, 2.24) is 0 Å². The van der Waals surface area contributed by atoms with E-state index in [1.165, 1.54) is 18.2 Å². The van der Waals surface area contributed by atoms with E-state index in [1.54, 1.807) is 6.07 Å². The number of benzene rings is 1. The molecule has 4 nitrogen and oxygen atoms in total. The van der Waals surface area contributed by atoms with Crippen LogP contribution in [-0.2, 0) is 9.59 Å². The summed E-state index contributed by atoms with van der Waals surface area (Å²) in [7, 11) is 0. The Hall–Kier alpha value is -2.17. The number of rotatable bonds is 8. The lowest BCUT2D eigenvalue weighted by molar-refractivity contribution is -0.131. The Labute approximate surface area is 123 Å². The van der Waals surface area contributed by atoms with Crippen molar-refractivity contribution in [1.29, 1.82) is 0 Å². The third-order valence-electron chi connectivity index (χ3n) is 2.95. The summed E-state index contributed by atoms with van der Waals surface area (Å²) in [6, 6.07) is 4.17. The minimum atomic E-state index is -1.14. The number of hydrogen-bond acceptors (Lipinski definition) is 2. The highest BCUT2D eigenvalue weighted by Gasteiger charge is 2.05. The zero-order chi connectivity index (χ0) is 15.7. The summed E-state index contributed by atoms with van der Waals surface area (Å²) in [4.78, 5) is 22.0. The van der Waals surface area contributed by atoms with Gasteiger partial charge in [0, 0.05) is 23.7 Å². The van der Waals surface area contributed by atoms with Gasteiger partial charge in [-0.15, -0.1) is 0 Å². The van der Waals surface area contributed by atoms with E-state index in [4.69, 9.17) is 5.11 Å². The van der Waals surface area contributed by atoms with Gasteiger partial charge in [0.15, 0.2) is 0 Å². The number of amides is 1. The maximum absolute atomic E-state index is 13.7.